The van der Waals surface area contributed by atoms with Gasteiger partial charge in [0.15, 0.2) is 0 Å². The van der Waals surface area contributed by atoms with E-state index >= 15 is 0 Å². The van der Waals surface area contributed by atoms with Gasteiger partial charge in [0, 0.05) is 13.1 Å². The summed E-state index contributed by atoms with van der Waals surface area (Å²) in [7, 11) is 1.93. The van der Waals surface area contributed by atoms with Crippen molar-refractivity contribution in [2.75, 3.05) is 33.2 Å². The Labute approximate surface area is 115 Å². The smallest absolute Gasteiger partial charge is 0.321 e. The molecule has 1 atom stereocenters. The molecule has 1 aliphatic heterocycles. The van der Waals surface area contributed by atoms with Gasteiger partial charge in [-0.1, -0.05) is 0 Å². The van der Waals surface area contributed by atoms with Crippen LogP contribution in [0.15, 0.2) is 0 Å². The molecule has 1 rings (SSSR count). The molecule has 0 aromatic rings. The maximum absolute atomic E-state index is 11.9. The summed E-state index contributed by atoms with van der Waals surface area (Å²) in [5.41, 5.74) is 0. The summed E-state index contributed by atoms with van der Waals surface area (Å²) >= 11 is 0. The van der Waals surface area contributed by atoms with Crippen molar-refractivity contribution in [3.63, 3.8) is 0 Å². The van der Waals surface area contributed by atoms with Gasteiger partial charge in [-0.05, 0) is 52.7 Å². The van der Waals surface area contributed by atoms with Crippen LogP contribution in [0.4, 0.5) is 4.79 Å². The molecule has 0 aliphatic carbocycles. The first-order chi connectivity index (χ1) is 9.04. The molecule has 0 bridgehead atoms. The van der Waals surface area contributed by atoms with E-state index in [4.69, 9.17) is 0 Å². The quantitative estimate of drug-likeness (QED) is 0.665. The number of rotatable bonds is 5. The van der Waals surface area contributed by atoms with Crippen molar-refractivity contribution in [2.24, 2.45) is 5.92 Å². The van der Waals surface area contributed by atoms with Gasteiger partial charge in [-0.3, -0.25) is 15.0 Å². The molecule has 0 saturated carbocycles. The molecule has 0 radical (unpaired) electrons. The van der Waals surface area contributed by atoms with Gasteiger partial charge >= 0.3 is 6.03 Å². The number of nitrogens with one attached hydrogen (secondary N) is 3. The minimum atomic E-state index is -0.422. The Morgan fingerprint density at radius 3 is 2.58 bits per heavy atom. The number of amides is 3. The molecule has 1 unspecified atom stereocenters. The van der Waals surface area contributed by atoms with E-state index in [1.807, 2.05) is 25.8 Å². The van der Waals surface area contributed by atoms with Crippen LogP contribution >= 0.6 is 0 Å². The van der Waals surface area contributed by atoms with Crippen LogP contribution in [0.25, 0.3) is 0 Å². The number of nitrogens with zero attached hydrogens (tertiary/aromatic N) is 1. The van der Waals surface area contributed by atoms with E-state index in [1.54, 1.807) is 0 Å². The molecule has 1 fully saturated rings. The predicted molar refractivity (Wildman–Crippen MR) is 74.9 cm³/mol. The van der Waals surface area contributed by atoms with Crippen molar-refractivity contribution < 1.29 is 9.59 Å². The lowest BCUT2D eigenvalue weighted by atomic mass is 9.97. The fourth-order valence-corrected chi connectivity index (χ4v) is 2.25. The molecule has 1 heterocycles. The van der Waals surface area contributed by atoms with Crippen molar-refractivity contribution in [2.45, 2.75) is 32.7 Å². The van der Waals surface area contributed by atoms with Crippen LogP contribution in [0.1, 0.15) is 26.7 Å². The molecule has 6 nitrogen and oxygen atoms in total. The van der Waals surface area contributed by atoms with Crippen molar-refractivity contribution >= 4 is 11.9 Å². The van der Waals surface area contributed by atoms with Crippen LogP contribution in [0.5, 0.6) is 0 Å². The second-order valence-electron chi connectivity index (χ2n) is 5.16. The first-order valence-corrected chi connectivity index (χ1v) is 7.04. The molecular weight excluding hydrogens is 244 g/mol. The van der Waals surface area contributed by atoms with E-state index in [0.29, 0.717) is 12.5 Å². The SMILES string of the molecule is CCNC(=O)NC(=O)C(C)N(C)CC1CCNCC1. The van der Waals surface area contributed by atoms with Crippen LogP contribution in [0.2, 0.25) is 0 Å². The van der Waals surface area contributed by atoms with Gasteiger partial charge in [0.25, 0.3) is 0 Å². The molecule has 1 aliphatic rings. The highest BCUT2D eigenvalue weighted by Crippen LogP contribution is 2.13. The van der Waals surface area contributed by atoms with Crippen molar-refractivity contribution in [1.82, 2.24) is 20.9 Å². The zero-order valence-electron chi connectivity index (χ0n) is 12.2. The van der Waals surface area contributed by atoms with Crippen molar-refractivity contribution in [3.05, 3.63) is 0 Å². The molecule has 0 aromatic heterocycles. The number of carbonyl (C=O) groups excluding carboxylic acids is 2. The highest BCUT2D eigenvalue weighted by Gasteiger charge is 2.23. The van der Waals surface area contributed by atoms with Crippen LogP contribution in [-0.4, -0.2) is 56.1 Å². The first-order valence-electron chi connectivity index (χ1n) is 7.04. The van der Waals surface area contributed by atoms with E-state index < -0.39 is 6.03 Å². The van der Waals surface area contributed by atoms with Crippen molar-refractivity contribution in [3.8, 4) is 0 Å². The third-order valence-electron chi connectivity index (χ3n) is 3.62. The standard InChI is InChI=1S/C13H26N4O2/c1-4-15-13(19)16-12(18)10(2)17(3)9-11-5-7-14-8-6-11/h10-11,14H,4-9H2,1-3H3,(H2,15,16,18,19). The summed E-state index contributed by atoms with van der Waals surface area (Å²) in [6.07, 6.45) is 2.30. The second kappa shape index (κ2) is 8.12. The molecular formula is C13H26N4O2. The summed E-state index contributed by atoms with van der Waals surface area (Å²) in [6, 6.07) is -0.716. The van der Waals surface area contributed by atoms with Gasteiger partial charge in [0.2, 0.25) is 5.91 Å². The van der Waals surface area contributed by atoms with Gasteiger partial charge < -0.3 is 10.6 Å². The van der Waals surface area contributed by atoms with Gasteiger partial charge in [-0.2, -0.15) is 0 Å². The zero-order valence-corrected chi connectivity index (χ0v) is 12.2. The second-order valence-corrected chi connectivity index (χ2v) is 5.16. The van der Waals surface area contributed by atoms with Gasteiger partial charge in [0.05, 0.1) is 6.04 Å². The number of hydrogen-bond donors (Lipinski definition) is 3. The van der Waals surface area contributed by atoms with Crippen LogP contribution in [0.3, 0.4) is 0 Å². The lowest BCUT2D eigenvalue weighted by molar-refractivity contribution is -0.124. The number of likely N-dealkylation sites (N-methyl/N-ethyl adjacent to an activating group) is 1. The summed E-state index contributed by atoms with van der Waals surface area (Å²) in [6.45, 7) is 7.16. The molecule has 0 spiro atoms. The summed E-state index contributed by atoms with van der Waals surface area (Å²) in [5, 5.41) is 8.24. The maximum atomic E-state index is 11.9. The summed E-state index contributed by atoms with van der Waals surface area (Å²) < 4.78 is 0. The average molecular weight is 270 g/mol. The van der Waals surface area contributed by atoms with E-state index in [1.165, 1.54) is 0 Å². The maximum Gasteiger partial charge on any atom is 0.321 e. The first kappa shape index (κ1) is 15.9. The number of urea groups is 1. The summed E-state index contributed by atoms with van der Waals surface area (Å²) in [4.78, 5) is 25.2. The van der Waals surface area contributed by atoms with Crippen LogP contribution < -0.4 is 16.0 Å². The van der Waals surface area contributed by atoms with Gasteiger partial charge in [0.1, 0.15) is 0 Å². The Morgan fingerprint density at radius 1 is 1.37 bits per heavy atom. The fraction of sp³-hybridized carbons (Fsp3) is 0.846. The van der Waals surface area contributed by atoms with Gasteiger partial charge in [-0.25, -0.2) is 4.79 Å². The zero-order chi connectivity index (χ0) is 14.3. The largest absolute Gasteiger partial charge is 0.338 e. The fourth-order valence-electron chi connectivity index (χ4n) is 2.25. The van der Waals surface area contributed by atoms with Crippen LogP contribution in [-0.2, 0) is 4.79 Å². The van der Waals surface area contributed by atoms with E-state index in [-0.39, 0.29) is 11.9 Å². The third-order valence-corrected chi connectivity index (χ3v) is 3.62. The minimum Gasteiger partial charge on any atom is -0.338 e. The van der Waals surface area contributed by atoms with Crippen molar-refractivity contribution in [1.29, 1.82) is 0 Å². The van der Waals surface area contributed by atoms with Crippen LogP contribution in [0, 0.1) is 5.92 Å². The molecule has 0 aromatic carbocycles. The lowest BCUT2D eigenvalue weighted by Gasteiger charge is -2.30. The van der Waals surface area contributed by atoms with Gasteiger partial charge in [-0.15, -0.1) is 0 Å². The Bertz CT molecular complexity index is 303. The Morgan fingerprint density at radius 2 is 2.00 bits per heavy atom. The number of carbonyl (C=O) groups is 2. The molecule has 3 N–H and O–H groups in total. The molecule has 6 heteroatoms. The highest BCUT2D eigenvalue weighted by molar-refractivity contribution is 5.96. The monoisotopic (exact) mass is 270 g/mol. The van der Waals surface area contributed by atoms with E-state index in [2.05, 4.69) is 16.0 Å². The average Bonchev–Trinajstić information content (AvgIpc) is 2.39. The van der Waals surface area contributed by atoms with E-state index in [0.717, 1.165) is 32.5 Å². The molecule has 110 valence electrons. The third kappa shape index (κ3) is 5.57. The number of hydrogen-bond acceptors (Lipinski definition) is 4. The minimum absolute atomic E-state index is 0.248. The Hall–Kier alpha value is -1.14. The summed E-state index contributed by atoms with van der Waals surface area (Å²) in [5.74, 6) is 0.383. The molecule has 19 heavy (non-hydrogen) atoms. The molecule has 1 saturated heterocycles. The molecule has 3 amide bonds. The predicted octanol–water partition coefficient (Wildman–Crippen LogP) is 0.152. The topological polar surface area (TPSA) is 73.5 Å². The number of imide groups is 1. The lowest BCUT2D eigenvalue weighted by Crippen LogP contribution is -2.49. The van der Waals surface area contributed by atoms with E-state index in [9.17, 15) is 9.59 Å². The Balaban J connectivity index is 2.35. The number of piperidine rings is 1. The normalized spacial score (nSPS) is 18.1. The highest BCUT2D eigenvalue weighted by atomic mass is 16.2. The Kier molecular flexibility index (Phi) is 6.80.